The summed E-state index contributed by atoms with van der Waals surface area (Å²) in [5, 5.41) is 0. The molecule has 0 saturated heterocycles. The predicted octanol–water partition coefficient (Wildman–Crippen LogP) is 7.76. The fraction of sp³-hybridized carbons (Fsp3) is 0.0571. The monoisotopic (exact) mass is 515 g/mol. The summed E-state index contributed by atoms with van der Waals surface area (Å²) in [5.41, 5.74) is 12.1. The van der Waals surface area contributed by atoms with Crippen LogP contribution in [0.4, 0.5) is 22.7 Å². The third kappa shape index (κ3) is 3.18. The van der Waals surface area contributed by atoms with Gasteiger partial charge in [0.25, 0.3) is 5.82 Å². The number of benzene rings is 5. The van der Waals surface area contributed by atoms with Gasteiger partial charge in [-0.25, -0.2) is 4.57 Å². The standard InChI is InChI=1S/C35H28BN4/c1-25-13-12-22-33-34(25)35-37(2)23-24-38(35)36-39(26-14-4-3-5-15-26)31-20-10-8-18-29(31)27-16-6-7-17-28(27)30-19-9-11-21-32(30)40(33)36/h3-24H,1-2H3/q+1. The van der Waals surface area contributed by atoms with Crippen LogP contribution in [0.1, 0.15) is 5.56 Å². The van der Waals surface area contributed by atoms with Gasteiger partial charge in [0.2, 0.25) is 0 Å². The van der Waals surface area contributed by atoms with Crippen molar-refractivity contribution in [1.82, 2.24) is 4.48 Å². The van der Waals surface area contributed by atoms with Crippen molar-refractivity contribution in [3.63, 3.8) is 0 Å². The summed E-state index contributed by atoms with van der Waals surface area (Å²) < 4.78 is 4.69. The number of rotatable bonds is 1. The molecule has 0 amide bonds. The number of nitrogens with zero attached hydrogens (tertiary/aromatic N) is 4. The molecule has 0 radical (unpaired) electrons. The molecule has 2 aliphatic rings. The number of hydrogen-bond donors (Lipinski definition) is 0. The average molecular weight is 515 g/mol. The van der Waals surface area contributed by atoms with Crippen LogP contribution in [0.25, 0.3) is 33.6 Å². The van der Waals surface area contributed by atoms with Gasteiger partial charge in [-0.3, -0.25) is 4.48 Å². The second kappa shape index (κ2) is 8.75. The molecule has 0 atom stereocenters. The molecule has 190 valence electrons. The van der Waals surface area contributed by atoms with Gasteiger partial charge in [-0.15, -0.1) is 0 Å². The third-order valence-electron chi connectivity index (χ3n) is 8.34. The Hall–Kier alpha value is -5.03. The van der Waals surface area contributed by atoms with E-state index in [1.54, 1.807) is 0 Å². The van der Waals surface area contributed by atoms with Gasteiger partial charge in [0.05, 0.1) is 12.6 Å². The lowest BCUT2D eigenvalue weighted by atomic mass is 9.77. The molecule has 0 spiro atoms. The summed E-state index contributed by atoms with van der Waals surface area (Å²) >= 11 is 0. The highest BCUT2D eigenvalue weighted by Crippen LogP contribution is 2.50. The molecule has 1 aromatic heterocycles. The quantitative estimate of drug-likeness (QED) is 0.164. The van der Waals surface area contributed by atoms with Crippen LogP contribution >= 0.6 is 0 Å². The molecule has 40 heavy (non-hydrogen) atoms. The first-order valence-corrected chi connectivity index (χ1v) is 13.8. The van der Waals surface area contributed by atoms with Crippen molar-refractivity contribution in [3.05, 3.63) is 139 Å². The maximum Gasteiger partial charge on any atom is 0.643 e. The molecule has 6 aromatic rings. The summed E-state index contributed by atoms with van der Waals surface area (Å²) in [5.74, 6) is 1.20. The van der Waals surface area contributed by atoms with E-state index >= 15 is 0 Å². The largest absolute Gasteiger partial charge is 0.643 e. The lowest BCUT2D eigenvalue weighted by Gasteiger charge is -2.40. The van der Waals surface area contributed by atoms with Crippen molar-refractivity contribution in [2.24, 2.45) is 7.05 Å². The fourth-order valence-corrected chi connectivity index (χ4v) is 6.63. The summed E-state index contributed by atoms with van der Waals surface area (Å²) in [7, 11) is 1.96. The SMILES string of the molecule is Cc1cccc2c1-c1n(cc[n+]1C)B1N(c3ccccc3)c3ccccc3-c3ccccc3-c3ccccc3N12. The highest BCUT2D eigenvalue weighted by atomic mass is 15.4. The predicted molar refractivity (Wildman–Crippen MR) is 165 cm³/mol. The van der Waals surface area contributed by atoms with Crippen molar-refractivity contribution >= 4 is 29.9 Å². The Bertz CT molecular complexity index is 1910. The second-order valence-corrected chi connectivity index (χ2v) is 10.6. The van der Waals surface area contributed by atoms with E-state index in [1.165, 1.54) is 56.3 Å². The second-order valence-electron chi connectivity index (χ2n) is 10.6. The molecular weight excluding hydrogens is 487 g/mol. The highest BCUT2D eigenvalue weighted by Gasteiger charge is 2.51. The Kier molecular flexibility index (Phi) is 5.01. The number of anilines is 4. The Labute approximate surface area is 235 Å². The molecule has 4 nitrogen and oxygen atoms in total. The van der Waals surface area contributed by atoms with Crippen LogP contribution in [0.3, 0.4) is 0 Å². The third-order valence-corrected chi connectivity index (χ3v) is 8.34. The van der Waals surface area contributed by atoms with E-state index in [1.807, 2.05) is 0 Å². The summed E-state index contributed by atoms with van der Waals surface area (Å²) in [6.07, 6.45) is 4.41. The zero-order chi connectivity index (χ0) is 26.8. The van der Waals surface area contributed by atoms with E-state index in [0.29, 0.717) is 0 Å². The topological polar surface area (TPSA) is 15.3 Å². The highest BCUT2D eigenvalue weighted by molar-refractivity contribution is 6.70. The van der Waals surface area contributed by atoms with Gasteiger partial charge in [0.1, 0.15) is 12.4 Å². The van der Waals surface area contributed by atoms with Crippen LogP contribution in [0, 0.1) is 6.92 Å². The maximum absolute atomic E-state index is 2.54. The van der Waals surface area contributed by atoms with Crippen molar-refractivity contribution in [2.45, 2.75) is 6.92 Å². The molecule has 0 saturated carbocycles. The number of imidazole rings is 1. The van der Waals surface area contributed by atoms with E-state index in [2.05, 4.69) is 166 Å². The first-order valence-electron chi connectivity index (χ1n) is 13.8. The average Bonchev–Trinajstić information content (AvgIpc) is 3.40. The zero-order valence-corrected chi connectivity index (χ0v) is 22.6. The van der Waals surface area contributed by atoms with Gasteiger partial charge >= 0.3 is 7.12 Å². The van der Waals surface area contributed by atoms with Gasteiger partial charge in [-0.1, -0.05) is 91.0 Å². The Morgan fingerprint density at radius 3 is 1.77 bits per heavy atom. The van der Waals surface area contributed by atoms with Crippen molar-refractivity contribution in [1.29, 1.82) is 0 Å². The number of para-hydroxylation sites is 3. The van der Waals surface area contributed by atoms with Gasteiger partial charge in [-0.2, -0.15) is 0 Å². The van der Waals surface area contributed by atoms with E-state index in [4.69, 9.17) is 0 Å². The number of hydrogen-bond acceptors (Lipinski definition) is 2. The smallest absolute Gasteiger partial charge is 0.322 e. The van der Waals surface area contributed by atoms with Crippen LogP contribution in [-0.2, 0) is 7.05 Å². The van der Waals surface area contributed by atoms with Gasteiger partial charge in [-0.05, 0) is 53.9 Å². The minimum absolute atomic E-state index is 0.190. The molecule has 0 aliphatic carbocycles. The number of fused-ring (bicyclic) bond motifs is 12. The molecule has 0 unspecified atom stereocenters. The Balaban J connectivity index is 1.58. The lowest BCUT2D eigenvalue weighted by Crippen LogP contribution is -2.57. The molecule has 5 heteroatoms. The maximum atomic E-state index is 2.54. The molecule has 5 aromatic carbocycles. The van der Waals surface area contributed by atoms with E-state index in [-0.39, 0.29) is 7.12 Å². The summed E-state index contributed by atoms with van der Waals surface area (Å²) in [6, 6.07) is 44.0. The first-order chi connectivity index (χ1) is 19.7. The molecule has 0 bridgehead atoms. The van der Waals surface area contributed by atoms with Gasteiger partial charge in [0.15, 0.2) is 0 Å². The van der Waals surface area contributed by atoms with Crippen molar-refractivity contribution in [2.75, 3.05) is 9.62 Å². The summed E-state index contributed by atoms with van der Waals surface area (Å²) in [4.78, 5) is 5.04. The lowest BCUT2D eigenvalue weighted by molar-refractivity contribution is -0.659. The molecule has 8 rings (SSSR count). The Morgan fingerprint density at radius 1 is 0.550 bits per heavy atom. The van der Waals surface area contributed by atoms with E-state index in [9.17, 15) is 0 Å². The molecular formula is C35H28BN4+. The zero-order valence-electron chi connectivity index (χ0n) is 22.6. The molecule has 3 heterocycles. The van der Waals surface area contributed by atoms with E-state index < -0.39 is 0 Å². The fourth-order valence-electron chi connectivity index (χ4n) is 6.63. The minimum atomic E-state index is -0.190. The van der Waals surface area contributed by atoms with Crippen LogP contribution in [0.2, 0.25) is 0 Å². The minimum Gasteiger partial charge on any atom is -0.322 e. The Morgan fingerprint density at radius 2 is 1.10 bits per heavy atom. The van der Waals surface area contributed by atoms with Crippen molar-refractivity contribution in [3.8, 4) is 33.6 Å². The van der Waals surface area contributed by atoms with Crippen molar-refractivity contribution < 1.29 is 4.57 Å². The number of aryl methyl sites for hydroxylation is 2. The first kappa shape index (κ1) is 22.9. The van der Waals surface area contributed by atoms with E-state index in [0.717, 1.165) is 5.69 Å². The number of aromatic nitrogens is 2. The van der Waals surface area contributed by atoms with Gasteiger partial charge < -0.3 is 9.62 Å². The molecule has 0 fully saturated rings. The van der Waals surface area contributed by atoms with Crippen LogP contribution in [0.15, 0.2) is 134 Å². The van der Waals surface area contributed by atoms with Crippen LogP contribution in [0.5, 0.6) is 0 Å². The normalized spacial score (nSPS) is 13.1. The molecule has 2 aliphatic heterocycles. The van der Waals surface area contributed by atoms with Crippen LogP contribution in [-0.4, -0.2) is 11.6 Å². The summed E-state index contributed by atoms with van der Waals surface area (Å²) in [6.45, 7) is 2.22. The van der Waals surface area contributed by atoms with Crippen LogP contribution < -0.4 is 14.2 Å². The molecule has 0 N–H and O–H groups in total. The van der Waals surface area contributed by atoms with Gasteiger partial charge in [0, 0.05) is 33.9 Å².